The van der Waals surface area contributed by atoms with Crippen molar-refractivity contribution < 1.29 is 0 Å². The summed E-state index contributed by atoms with van der Waals surface area (Å²) >= 11 is 0. The number of aromatic nitrogens is 1. The Morgan fingerprint density at radius 1 is 0.515 bits per heavy atom. The Hall–Kier alpha value is -4.10. The molecule has 0 bridgehead atoms. The van der Waals surface area contributed by atoms with Crippen LogP contribution in [0.5, 0.6) is 0 Å². The first kappa shape index (κ1) is 18.5. The number of para-hydroxylation sites is 1. The van der Waals surface area contributed by atoms with E-state index in [1.165, 1.54) is 55.2 Å². The first-order valence-corrected chi connectivity index (χ1v) is 11.5. The van der Waals surface area contributed by atoms with Gasteiger partial charge in [-0.1, -0.05) is 115 Å². The smallest absolute Gasteiger partial charge is 0.0714 e. The van der Waals surface area contributed by atoms with Crippen LogP contribution in [0.2, 0.25) is 0 Å². The molecule has 0 unspecified atom stereocenters. The Morgan fingerprint density at radius 3 is 1.85 bits per heavy atom. The van der Waals surface area contributed by atoms with Crippen LogP contribution in [0, 0.1) is 0 Å². The van der Waals surface area contributed by atoms with E-state index in [0.717, 1.165) is 0 Å². The van der Waals surface area contributed by atoms with Gasteiger partial charge in [0.1, 0.15) is 0 Å². The molecular weight excluding hydrogens is 398 g/mol. The van der Waals surface area contributed by atoms with E-state index in [4.69, 9.17) is 0 Å². The Balaban J connectivity index is 1.73. The van der Waals surface area contributed by atoms with Gasteiger partial charge in [-0.3, -0.25) is 0 Å². The SMILES string of the molecule is Cn1c2ccccc2c2ccc3c(c21)-c1ccccc1C3(c1ccccc1)c1ccccc1. The van der Waals surface area contributed by atoms with Crippen molar-refractivity contribution >= 4 is 21.8 Å². The molecule has 6 aromatic rings. The van der Waals surface area contributed by atoms with Crippen LogP contribution >= 0.6 is 0 Å². The molecule has 0 atom stereocenters. The third-order valence-electron chi connectivity index (χ3n) is 7.49. The average Bonchev–Trinajstić information content (AvgIpc) is 3.35. The van der Waals surface area contributed by atoms with Gasteiger partial charge in [-0.25, -0.2) is 0 Å². The van der Waals surface area contributed by atoms with Crippen molar-refractivity contribution in [2.75, 3.05) is 0 Å². The van der Waals surface area contributed by atoms with Crippen molar-refractivity contribution in [3.8, 4) is 11.1 Å². The molecule has 5 aromatic carbocycles. The van der Waals surface area contributed by atoms with Gasteiger partial charge < -0.3 is 4.57 Å². The molecule has 0 saturated carbocycles. The third kappa shape index (κ3) is 2.27. The second-order valence-electron chi connectivity index (χ2n) is 8.99. The van der Waals surface area contributed by atoms with Crippen LogP contribution in [0.25, 0.3) is 32.9 Å². The quantitative estimate of drug-likeness (QED) is 0.270. The molecule has 0 radical (unpaired) electrons. The number of hydrogen-bond donors (Lipinski definition) is 0. The molecule has 0 N–H and O–H groups in total. The van der Waals surface area contributed by atoms with Crippen LogP contribution in [0.3, 0.4) is 0 Å². The summed E-state index contributed by atoms with van der Waals surface area (Å²) in [6.45, 7) is 0. The standard InChI is InChI=1S/C32H23N/c1-33-29-19-11-9-16-24(29)25-20-21-28-30(31(25)33)26-17-8-10-18-27(26)32(28,22-12-4-2-5-13-22)23-14-6-3-7-15-23/h2-21H,1H3. The largest absolute Gasteiger partial charge is 0.343 e. The zero-order valence-corrected chi connectivity index (χ0v) is 18.5. The lowest BCUT2D eigenvalue weighted by atomic mass is 9.67. The number of aryl methyl sites for hydroxylation is 1. The van der Waals surface area contributed by atoms with E-state index in [2.05, 4.69) is 133 Å². The fourth-order valence-electron chi connectivity index (χ4n) is 6.19. The Kier molecular flexibility index (Phi) is 3.75. The third-order valence-corrected chi connectivity index (χ3v) is 7.49. The van der Waals surface area contributed by atoms with Gasteiger partial charge in [-0.2, -0.15) is 0 Å². The summed E-state index contributed by atoms with van der Waals surface area (Å²) in [6.07, 6.45) is 0. The van der Waals surface area contributed by atoms with Gasteiger partial charge in [0.05, 0.1) is 10.9 Å². The molecule has 1 heterocycles. The summed E-state index contributed by atoms with van der Waals surface area (Å²) in [6, 6.07) is 44.4. The number of hydrogen-bond acceptors (Lipinski definition) is 0. The molecule has 1 heteroatoms. The minimum atomic E-state index is -0.348. The molecule has 156 valence electrons. The normalized spacial score (nSPS) is 13.8. The molecule has 0 amide bonds. The second-order valence-corrected chi connectivity index (χ2v) is 8.99. The van der Waals surface area contributed by atoms with Crippen LogP contribution in [0.15, 0.2) is 121 Å². The summed E-state index contributed by atoms with van der Waals surface area (Å²) in [7, 11) is 2.21. The van der Waals surface area contributed by atoms with Gasteiger partial charge in [-0.15, -0.1) is 0 Å². The number of benzene rings is 5. The van der Waals surface area contributed by atoms with Crippen LogP contribution in [-0.2, 0) is 12.5 Å². The van der Waals surface area contributed by atoms with Gasteiger partial charge in [0.2, 0.25) is 0 Å². The lowest BCUT2D eigenvalue weighted by Crippen LogP contribution is -2.28. The molecule has 1 aliphatic rings. The van der Waals surface area contributed by atoms with E-state index in [1.807, 2.05) is 0 Å². The molecular formula is C32H23N. The van der Waals surface area contributed by atoms with E-state index < -0.39 is 0 Å². The van der Waals surface area contributed by atoms with Crippen molar-refractivity contribution in [1.82, 2.24) is 4.57 Å². The van der Waals surface area contributed by atoms with Crippen molar-refractivity contribution in [3.63, 3.8) is 0 Å². The maximum atomic E-state index is 2.38. The Bertz CT molecular complexity index is 1620. The monoisotopic (exact) mass is 421 g/mol. The number of fused-ring (bicyclic) bond motifs is 7. The maximum Gasteiger partial charge on any atom is 0.0714 e. The molecule has 33 heavy (non-hydrogen) atoms. The predicted octanol–water partition coefficient (Wildman–Crippen LogP) is 7.69. The molecule has 0 saturated heterocycles. The summed E-state index contributed by atoms with van der Waals surface area (Å²) in [5.41, 5.74) is 10.3. The average molecular weight is 422 g/mol. The Labute approximate surface area is 193 Å². The van der Waals surface area contributed by atoms with E-state index in [9.17, 15) is 0 Å². The van der Waals surface area contributed by atoms with E-state index in [1.54, 1.807) is 0 Å². The van der Waals surface area contributed by atoms with Crippen LogP contribution < -0.4 is 0 Å². The van der Waals surface area contributed by atoms with Crippen molar-refractivity contribution in [2.24, 2.45) is 7.05 Å². The zero-order chi connectivity index (χ0) is 22.0. The van der Waals surface area contributed by atoms with Gasteiger partial charge in [0, 0.05) is 28.9 Å². The lowest BCUT2D eigenvalue weighted by molar-refractivity contribution is 0.769. The van der Waals surface area contributed by atoms with Crippen LogP contribution in [0.4, 0.5) is 0 Å². The number of nitrogens with zero attached hydrogens (tertiary/aromatic N) is 1. The Morgan fingerprint density at radius 2 is 1.12 bits per heavy atom. The second kappa shape index (κ2) is 6.70. The summed E-state index contributed by atoms with van der Waals surface area (Å²) in [5, 5.41) is 2.63. The maximum absolute atomic E-state index is 2.38. The highest BCUT2D eigenvalue weighted by atomic mass is 14.9. The molecule has 7 rings (SSSR count). The zero-order valence-electron chi connectivity index (χ0n) is 18.5. The van der Waals surface area contributed by atoms with Crippen molar-refractivity contribution in [2.45, 2.75) is 5.41 Å². The summed E-state index contributed by atoms with van der Waals surface area (Å²) < 4.78 is 2.38. The van der Waals surface area contributed by atoms with E-state index in [0.29, 0.717) is 0 Å². The molecule has 1 nitrogen and oxygen atoms in total. The topological polar surface area (TPSA) is 4.93 Å². The summed E-state index contributed by atoms with van der Waals surface area (Å²) in [5.74, 6) is 0. The lowest BCUT2D eigenvalue weighted by Gasteiger charge is -2.33. The highest BCUT2D eigenvalue weighted by Crippen LogP contribution is 2.58. The highest BCUT2D eigenvalue weighted by molar-refractivity contribution is 6.15. The number of rotatable bonds is 2. The molecule has 0 aliphatic heterocycles. The highest BCUT2D eigenvalue weighted by Gasteiger charge is 2.46. The molecule has 0 spiro atoms. The predicted molar refractivity (Wildman–Crippen MR) is 138 cm³/mol. The minimum Gasteiger partial charge on any atom is -0.343 e. The fourth-order valence-corrected chi connectivity index (χ4v) is 6.19. The van der Waals surface area contributed by atoms with Gasteiger partial charge in [0.15, 0.2) is 0 Å². The van der Waals surface area contributed by atoms with Crippen molar-refractivity contribution in [3.05, 3.63) is 144 Å². The van der Waals surface area contributed by atoms with Crippen LogP contribution in [0.1, 0.15) is 22.3 Å². The summed E-state index contributed by atoms with van der Waals surface area (Å²) in [4.78, 5) is 0. The first-order valence-electron chi connectivity index (χ1n) is 11.5. The van der Waals surface area contributed by atoms with E-state index >= 15 is 0 Å². The van der Waals surface area contributed by atoms with Gasteiger partial charge in [0.25, 0.3) is 0 Å². The minimum absolute atomic E-state index is 0.348. The van der Waals surface area contributed by atoms with Crippen LogP contribution in [-0.4, -0.2) is 4.57 Å². The van der Waals surface area contributed by atoms with Gasteiger partial charge >= 0.3 is 0 Å². The molecule has 1 aromatic heterocycles. The molecule has 0 fully saturated rings. The fraction of sp³-hybridized carbons (Fsp3) is 0.0625. The first-order chi connectivity index (χ1) is 16.3. The van der Waals surface area contributed by atoms with Gasteiger partial charge in [-0.05, 0) is 33.9 Å². The van der Waals surface area contributed by atoms with E-state index in [-0.39, 0.29) is 5.41 Å². The molecule has 1 aliphatic carbocycles. The van der Waals surface area contributed by atoms with Crippen molar-refractivity contribution in [1.29, 1.82) is 0 Å².